The molecule has 3 saturated heterocycles. The molecular formula is C44H78N10O14. The molecule has 24 heteroatoms. The van der Waals surface area contributed by atoms with Crippen LogP contribution in [0.4, 0.5) is 0 Å². The number of carbonyl (C=O) groups excluding carboxylic acids is 8. The lowest BCUT2D eigenvalue weighted by Gasteiger charge is -2.28. The van der Waals surface area contributed by atoms with Gasteiger partial charge in [0.25, 0.3) is 11.8 Å². The summed E-state index contributed by atoms with van der Waals surface area (Å²) in [6.07, 6.45) is -12.1. The molecule has 14 atom stereocenters. The molecular weight excluding hydrogens is 893 g/mol. The van der Waals surface area contributed by atoms with E-state index in [1.165, 1.54) is 0 Å². The van der Waals surface area contributed by atoms with Gasteiger partial charge in [-0.15, -0.1) is 0 Å². The topological polar surface area (TPSA) is 384 Å². The monoisotopic (exact) mass is 971 g/mol. The lowest BCUT2D eigenvalue weighted by atomic mass is 9.99. The Hall–Kier alpha value is -4.56. The molecule has 3 heterocycles. The number of hydrogen-bond donors (Lipinski definition) is 14. The Kier molecular flexibility index (Phi) is 22.9. The van der Waals surface area contributed by atoms with Gasteiger partial charge in [-0.2, -0.15) is 0 Å². The van der Waals surface area contributed by atoms with E-state index in [0.717, 1.165) is 0 Å². The van der Waals surface area contributed by atoms with E-state index in [-0.39, 0.29) is 63.5 Å². The summed E-state index contributed by atoms with van der Waals surface area (Å²) in [5.74, 6) is -7.92. The highest BCUT2D eigenvalue weighted by Crippen LogP contribution is 2.24. The molecule has 0 unspecified atom stereocenters. The second-order valence-corrected chi connectivity index (χ2v) is 19.5. The molecule has 388 valence electrons. The van der Waals surface area contributed by atoms with Crippen molar-refractivity contribution < 1.29 is 68.3 Å². The first kappa shape index (κ1) is 57.8. The van der Waals surface area contributed by atoms with Gasteiger partial charge in [0.1, 0.15) is 72.9 Å². The van der Waals surface area contributed by atoms with Crippen molar-refractivity contribution in [2.45, 2.75) is 179 Å². The second kappa shape index (κ2) is 27.0. The van der Waals surface area contributed by atoms with Crippen molar-refractivity contribution in [3.8, 4) is 0 Å². The number of fused-ring (bicyclic) bond motifs is 4. The van der Waals surface area contributed by atoms with Gasteiger partial charge in [-0.3, -0.25) is 38.4 Å². The van der Waals surface area contributed by atoms with E-state index in [4.69, 9.17) is 20.9 Å². The first-order valence-electron chi connectivity index (χ1n) is 23.7. The first-order valence-corrected chi connectivity index (χ1v) is 23.7. The minimum Gasteiger partial charge on any atom is -0.388 e. The summed E-state index contributed by atoms with van der Waals surface area (Å²) in [5, 5.41) is 64.7. The number of ether oxygens (including phenoxy) is 2. The molecule has 0 spiro atoms. The fourth-order valence-corrected chi connectivity index (χ4v) is 8.11. The molecule has 3 aliphatic rings. The minimum absolute atomic E-state index is 0.0340. The van der Waals surface area contributed by atoms with Crippen LogP contribution in [0.3, 0.4) is 0 Å². The van der Waals surface area contributed by atoms with Crippen molar-refractivity contribution in [2.24, 2.45) is 35.1 Å². The van der Waals surface area contributed by atoms with Crippen molar-refractivity contribution in [1.82, 2.24) is 42.5 Å². The summed E-state index contributed by atoms with van der Waals surface area (Å²) >= 11 is 0. The van der Waals surface area contributed by atoms with Crippen molar-refractivity contribution in [2.75, 3.05) is 26.2 Å². The Balaban J connectivity index is 2.02. The van der Waals surface area contributed by atoms with Gasteiger partial charge in [0.2, 0.25) is 35.4 Å². The van der Waals surface area contributed by atoms with Crippen LogP contribution in [0.25, 0.3) is 0 Å². The molecule has 4 bridgehead atoms. The Morgan fingerprint density at radius 2 is 0.779 bits per heavy atom. The molecule has 24 nitrogen and oxygen atoms in total. The van der Waals surface area contributed by atoms with E-state index in [1.54, 1.807) is 55.4 Å². The van der Waals surface area contributed by atoms with Crippen molar-refractivity contribution in [3.05, 3.63) is 0 Å². The highest BCUT2D eigenvalue weighted by Gasteiger charge is 2.49. The van der Waals surface area contributed by atoms with Crippen LogP contribution in [0, 0.1) is 23.7 Å². The molecule has 0 aromatic carbocycles. The summed E-state index contributed by atoms with van der Waals surface area (Å²) in [7, 11) is 0. The van der Waals surface area contributed by atoms with Gasteiger partial charge in [-0.25, -0.2) is 0 Å². The van der Waals surface area contributed by atoms with Crippen molar-refractivity contribution in [1.29, 1.82) is 0 Å². The van der Waals surface area contributed by atoms with Crippen molar-refractivity contribution >= 4 is 47.3 Å². The van der Waals surface area contributed by atoms with Crippen LogP contribution in [0.2, 0.25) is 0 Å². The number of aliphatic hydroxyl groups excluding tert-OH is 4. The van der Waals surface area contributed by atoms with Gasteiger partial charge in [-0.05, 0) is 75.3 Å². The number of amides is 8. The molecule has 16 N–H and O–H groups in total. The van der Waals surface area contributed by atoms with Gasteiger partial charge >= 0.3 is 0 Å². The Labute approximate surface area is 397 Å². The van der Waals surface area contributed by atoms with Crippen LogP contribution in [-0.2, 0) is 47.8 Å². The van der Waals surface area contributed by atoms with E-state index >= 15 is 0 Å². The zero-order valence-corrected chi connectivity index (χ0v) is 40.5. The fourth-order valence-electron chi connectivity index (χ4n) is 8.11. The number of rotatable bonds is 12. The largest absolute Gasteiger partial charge is 0.388 e. The molecule has 0 saturated carbocycles. The number of carbonyl (C=O) groups is 8. The third-order valence-corrected chi connectivity index (χ3v) is 12.0. The minimum atomic E-state index is -1.79. The quantitative estimate of drug-likeness (QED) is 0.0871. The molecule has 3 rings (SSSR count). The summed E-state index contributed by atoms with van der Waals surface area (Å²) in [6.45, 7) is 13.1. The zero-order chi connectivity index (χ0) is 51.2. The number of nitrogens with two attached hydrogens (primary N) is 2. The van der Waals surface area contributed by atoms with E-state index in [0.29, 0.717) is 0 Å². The smallest absolute Gasteiger partial charge is 0.252 e. The highest BCUT2D eigenvalue weighted by molar-refractivity contribution is 5.96. The van der Waals surface area contributed by atoms with E-state index in [2.05, 4.69) is 42.5 Å². The van der Waals surface area contributed by atoms with Crippen molar-refractivity contribution in [3.63, 3.8) is 0 Å². The van der Waals surface area contributed by atoms with E-state index in [1.807, 2.05) is 0 Å². The van der Waals surface area contributed by atoms with Gasteiger partial charge < -0.3 is 83.9 Å². The second-order valence-electron chi connectivity index (χ2n) is 19.5. The molecule has 0 aliphatic carbocycles. The van der Waals surface area contributed by atoms with E-state index in [9.17, 15) is 58.8 Å². The SMILES string of the molecule is CC(C)C[C@@H]1NC(=O)[C@H](CCCN)NC(=O)[C@H](C(C)C)NC(=O)[C@@H]2O[C@H](CNC(=O)[C@H](CC(C)C)NC(=O)[C@H](CCCN)NC(=O)[C@H](C(C)C)NC(=O)[C@@H]3O[C@H](CNC1=O)[C@@H](O)[C@@H]3O)[C@@H](O)[C@@H]2O. The standard InChI is InChI=1S/C44H78N10O14/c1-19(2)15-25-37(59)47-17-27-31(55)33(57)35(67-27)43(65)54-30(22(7)8)42(64)50-24(12-10-14-46)40(62)52-26(16-20(3)4)38(60)48-18-28-32(56)34(58)36(68-28)44(66)53-29(21(5)6)41(63)49-23(11-9-13-45)39(61)51-25/h19-36,55-58H,9-18,45-46H2,1-8H3,(H,47,59)(H,48,60)(H,49,63)(H,50,64)(H,51,61)(H,52,62)(H,53,66)(H,54,65)/t23-,24-,25-,26-,27+,28+,29-,30-,31+,32+,33-,34-,35+,36+/m0/s1. The van der Waals surface area contributed by atoms with Gasteiger partial charge in [0, 0.05) is 13.1 Å². The van der Waals surface area contributed by atoms with E-state index < -0.39 is 157 Å². The fraction of sp³-hybridized carbons (Fsp3) is 0.818. The average molecular weight is 971 g/mol. The predicted octanol–water partition coefficient (Wildman–Crippen LogP) is -5.00. The Morgan fingerprint density at radius 3 is 1.07 bits per heavy atom. The predicted molar refractivity (Wildman–Crippen MR) is 244 cm³/mol. The van der Waals surface area contributed by atoms with Crippen LogP contribution >= 0.6 is 0 Å². The summed E-state index contributed by atoms with van der Waals surface area (Å²) < 4.78 is 11.5. The maximum atomic E-state index is 13.9. The Morgan fingerprint density at radius 1 is 0.456 bits per heavy atom. The first-order chi connectivity index (χ1) is 31.9. The molecule has 0 aromatic heterocycles. The molecule has 68 heavy (non-hydrogen) atoms. The maximum absolute atomic E-state index is 13.9. The van der Waals surface area contributed by atoms with Gasteiger partial charge in [-0.1, -0.05) is 55.4 Å². The van der Waals surface area contributed by atoms with Crippen LogP contribution in [0.15, 0.2) is 0 Å². The molecule has 0 aromatic rings. The normalized spacial score (nSPS) is 33.6. The molecule has 3 aliphatic heterocycles. The highest BCUT2D eigenvalue weighted by atomic mass is 16.6. The van der Waals surface area contributed by atoms with Crippen LogP contribution in [0.1, 0.15) is 93.9 Å². The molecule has 0 radical (unpaired) electrons. The summed E-state index contributed by atoms with van der Waals surface area (Å²) in [5.41, 5.74) is 11.5. The third-order valence-electron chi connectivity index (χ3n) is 12.0. The van der Waals surface area contributed by atoms with Crippen LogP contribution < -0.4 is 54.0 Å². The molecule has 3 fully saturated rings. The summed E-state index contributed by atoms with van der Waals surface area (Å²) in [4.78, 5) is 110. The Bertz CT molecular complexity index is 1620. The third kappa shape index (κ3) is 16.3. The zero-order valence-electron chi connectivity index (χ0n) is 40.5. The molecule has 8 amide bonds. The number of hydrogen-bond acceptors (Lipinski definition) is 16. The number of aliphatic hydroxyl groups is 4. The lowest BCUT2D eigenvalue weighted by molar-refractivity contribution is -0.141. The van der Waals surface area contributed by atoms with Crippen LogP contribution in [0.5, 0.6) is 0 Å². The van der Waals surface area contributed by atoms with Gasteiger partial charge in [0.15, 0.2) is 12.2 Å². The lowest BCUT2D eigenvalue weighted by Crippen LogP contribution is -2.59. The number of nitrogens with one attached hydrogen (secondary N) is 8. The summed E-state index contributed by atoms with van der Waals surface area (Å²) in [6, 6.07) is -7.46. The van der Waals surface area contributed by atoms with Gasteiger partial charge in [0.05, 0.1) is 0 Å². The van der Waals surface area contributed by atoms with Crippen LogP contribution in [-0.4, -0.2) is 179 Å². The maximum Gasteiger partial charge on any atom is 0.252 e. The average Bonchev–Trinajstić information content (AvgIpc) is 3.72.